The van der Waals surface area contributed by atoms with Gasteiger partial charge in [-0.2, -0.15) is 0 Å². The second-order valence-electron chi connectivity index (χ2n) is 4.17. The van der Waals surface area contributed by atoms with Gasteiger partial charge in [-0.3, -0.25) is 0 Å². The monoisotopic (exact) mass is 249 g/mol. The zero-order valence-electron chi connectivity index (χ0n) is 10.4. The molecule has 2 rings (SSSR count). The van der Waals surface area contributed by atoms with Gasteiger partial charge in [-0.05, 0) is 31.3 Å². The van der Waals surface area contributed by atoms with Crippen LogP contribution in [0.5, 0.6) is 0 Å². The van der Waals surface area contributed by atoms with Crippen molar-refractivity contribution in [1.82, 2.24) is 14.9 Å². The predicted octanol–water partition coefficient (Wildman–Crippen LogP) is 3.00. The highest BCUT2D eigenvalue weighted by Crippen LogP contribution is 2.23. The fourth-order valence-electron chi connectivity index (χ4n) is 1.90. The van der Waals surface area contributed by atoms with Crippen molar-refractivity contribution in [2.75, 3.05) is 6.54 Å². The number of hydrogen-bond donors (Lipinski definition) is 1. The zero-order valence-corrected chi connectivity index (χ0v) is 11.2. The Morgan fingerprint density at radius 3 is 3.12 bits per heavy atom. The summed E-state index contributed by atoms with van der Waals surface area (Å²) in [5, 5.41) is 5.52. The maximum absolute atomic E-state index is 4.44. The highest BCUT2D eigenvalue weighted by atomic mass is 32.1. The van der Waals surface area contributed by atoms with E-state index < -0.39 is 0 Å². The Hall–Kier alpha value is -1.13. The van der Waals surface area contributed by atoms with Crippen molar-refractivity contribution < 1.29 is 0 Å². The Morgan fingerprint density at radius 2 is 2.41 bits per heavy atom. The Kier molecular flexibility index (Phi) is 4.34. The van der Waals surface area contributed by atoms with Crippen LogP contribution in [0.25, 0.3) is 10.7 Å². The molecule has 2 aromatic heterocycles. The largest absolute Gasteiger partial charge is 0.330 e. The highest BCUT2D eigenvalue weighted by molar-refractivity contribution is 7.13. The van der Waals surface area contributed by atoms with E-state index in [-0.39, 0.29) is 0 Å². The van der Waals surface area contributed by atoms with E-state index in [2.05, 4.69) is 52.4 Å². The molecule has 0 amide bonds. The third-order valence-electron chi connectivity index (χ3n) is 2.81. The quantitative estimate of drug-likeness (QED) is 0.853. The molecule has 2 heterocycles. The fourth-order valence-corrected chi connectivity index (χ4v) is 2.64. The topological polar surface area (TPSA) is 29.9 Å². The van der Waals surface area contributed by atoms with Gasteiger partial charge in [0.25, 0.3) is 0 Å². The molecule has 0 aromatic carbocycles. The van der Waals surface area contributed by atoms with Crippen molar-refractivity contribution in [3.8, 4) is 10.7 Å². The lowest BCUT2D eigenvalue weighted by Crippen LogP contribution is -2.26. The van der Waals surface area contributed by atoms with Crippen LogP contribution in [0, 0.1) is 0 Å². The summed E-state index contributed by atoms with van der Waals surface area (Å²) in [7, 11) is 0. The average molecular weight is 249 g/mol. The molecule has 1 N–H and O–H groups in total. The van der Waals surface area contributed by atoms with Crippen molar-refractivity contribution in [3.63, 3.8) is 0 Å². The minimum absolute atomic E-state index is 0.554. The summed E-state index contributed by atoms with van der Waals surface area (Å²) in [6.07, 6.45) is 5.07. The van der Waals surface area contributed by atoms with Gasteiger partial charge in [0.1, 0.15) is 5.82 Å². The molecule has 0 aliphatic rings. The van der Waals surface area contributed by atoms with Gasteiger partial charge in [0.05, 0.1) is 4.88 Å². The molecular formula is C13H19N3S. The molecule has 0 saturated heterocycles. The van der Waals surface area contributed by atoms with E-state index in [0.29, 0.717) is 6.04 Å². The number of nitrogens with one attached hydrogen (secondary N) is 1. The van der Waals surface area contributed by atoms with Crippen LogP contribution >= 0.6 is 11.3 Å². The molecular weight excluding hydrogens is 230 g/mol. The molecule has 3 nitrogen and oxygen atoms in total. The number of imidazole rings is 1. The number of nitrogens with zero attached hydrogens (tertiary/aromatic N) is 2. The van der Waals surface area contributed by atoms with Gasteiger partial charge < -0.3 is 9.88 Å². The molecule has 0 bridgehead atoms. The maximum Gasteiger partial charge on any atom is 0.149 e. The number of aromatic nitrogens is 2. The van der Waals surface area contributed by atoms with Gasteiger partial charge in [0, 0.05) is 25.0 Å². The number of aryl methyl sites for hydroxylation is 1. The molecule has 17 heavy (non-hydrogen) atoms. The van der Waals surface area contributed by atoms with E-state index in [1.807, 2.05) is 6.20 Å². The Balaban J connectivity index is 2.00. The lowest BCUT2D eigenvalue weighted by Gasteiger charge is -2.13. The molecule has 92 valence electrons. The second-order valence-corrected chi connectivity index (χ2v) is 5.12. The number of rotatable bonds is 6. The first-order valence-electron chi connectivity index (χ1n) is 6.09. The first-order valence-corrected chi connectivity index (χ1v) is 6.97. The molecule has 1 unspecified atom stereocenters. The van der Waals surface area contributed by atoms with Crippen LogP contribution < -0.4 is 5.32 Å². The highest BCUT2D eigenvalue weighted by Gasteiger charge is 2.07. The SMILES string of the molecule is CCNC(C)CCn1ccnc1-c1cccs1. The average Bonchev–Trinajstić information content (AvgIpc) is 2.97. The standard InChI is InChI=1S/C13H19N3S/c1-3-14-11(2)6-8-16-9-7-15-13(16)12-5-4-10-17-12/h4-5,7,9-11,14H,3,6,8H2,1-2H3. The minimum atomic E-state index is 0.554. The minimum Gasteiger partial charge on any atom is -0.330 e. The molecule has 0 aliphatic heterocycles. The van der Waals surface area contributed by atoms with Crippen LogP contribution in [-0.2, 0) is 6.54 Å². The van der Waals surface area contributed by atoms with Gasteiger partial charge >= 0.3 is 0 Å². The number of hydrogen-bond acceptors (Lipinski definition) is 3. The molecule has 0 spiro atoms. The molecule has 0 radical (unpaired) electrons. The van der Waals surface area contributed by atoms with Gasteiger partial charge in [0.15, 0.2) is 0 Å². The third kappa shape index (κ3) is 3.17. The Labute approximate surface area is 107 Å². The van der Waals surface area contributed by atoms with Crippen molar-refractivity contribution >= 4 is 11.3 Å². The Bertz CT molecular complexity index is 433. The van der Waals surface area contributed by atoms with Gasteiger partial charge in [-0.15, -0.1) is 11.3 Å². The molecule has 0 aliphatic carbocycles. The van der Waals surface area contributed by atoms with Crippen molar-refractivity contribution in [2.45, 2.75) is 32.9 Å². The summed E-state index contributed by atoms with van der Waals surface area (Å²) in [5.74, 6) is 1.09. The zero-order chi connectivity index (χ0) is 12.1. The first-order chi connectivity index (χ1) is 8.31. The smallest absolute Gasteiger partial charge is 0.149 e. The predicted molar refractivity (Wildman–Crippen MR) is 73.3 cm³/mol. The van der Waals surface area contributed by atoms with E-state index in [4.69, 9.17) is 0 Å². The van der Waals surface area contributed by atoms with Crippen LogP contribution in [-0.4, -0.2) is 22.1 Å². The fraction of sp³-hybridized carbons (Fsp3) is 0.462. The second kappa shape index (κ2) is 5.98. The van der Waals surface area contributed by atoms with Crippen LogP contribution in [0.4, 0.5) is 0 Å². The van der Waals surface area contributed by atoms with Gasteiger partial charge in [0.2, 0.25) is 0 Å². The van der Waals surface area contributed by atoms with E-state index in [0.717, 1.165) is 25.3 Å². The molecule has 0 saturated carbocycles. The molecule has 1 atom stereocenters. The van der Waals surface area contributed by atoms with Crippen molar-refractivity contribution in [2.24, 2.45) is 0 Å². The summed E-state index contributed by atoms with van der Waals surface area (Å²) in [5.41, 5.74) is 0. The summed E-state index contributed by atoms with van der Waals surface area (Å²) >= 11 is 1.74. The van der Waals surface area contributed by atoms with Crippen LogP contribution in [0.3, 0.4) is 0 Å². The lowest BCUT2D eigenvalue weighted by atomic mass is 10.2. The lowest BCUT2D eigenvalue weighted by molar-refractivity contribution is 0.489. The Morgan fingerprint density at radius 1 is 1.53 bits per heavy atom. The van der Waals surface area contributed by atoms with E-state index >= 15 is 0 Å². The summed E-state index contributed by atoms with van der Waals surface area (Å²) in [6.45, 7) is 6.42. The molecule has 4 heteroatoms. The first kappa shape index (κ1) is 12.3. The summed E-state index contributed by atoms with van der Waals surface area (Å²) < 4.78 is 2.24. The molecule has 0 fully saturated rings. The van der Waals surface area contributed by atoms with E-state index in [1.165, 1.54) is 4.88 Å². The van der Waals surface area contributed by atoms with Gasteiger partial charge in [-0.1, -0.05) is 13.0 Å². The normalized spacial score (nSPS) is 12.8. The van der Waals surface area contributed by atoms with Gasteiger partial charge in [-0.25, -0.2) is 4.98 Å². The molecule has 2 aromatic rings. The van der Waals surface area contributed by atoms with E-state index in [1.54, 1.807) is 11.3 Å². The van der Waals surface area contributed by atoms with Crippen molar-refractivity contribution in [3.05, 3.63) is 29.9 Å². The van der Waals surface area contributed by atoms with E-state index in [9.17, 15) is 0 Å². The van der Waals surface area contributed by atoms with Crippen LogP contribution in [0.15, 0.2) is 29.9 Å². The van der Waals surface area contributed by atoms with Crippen LogP contribution in [0.1, 0.15) is 20.3 Å². The maximum atomic E-state index is 4.44. The van der Waals surface area contributed by atoms with Crippen molar-refractivity contribution in [1.29, 1.82) is 0 Å². The third-order valence-corrected chi connectivity index (χ3v) is 3.68. The number of thiophene rings is 1. The summed E-state index contributed by atoms with van der Waals surface area (Å²) in [4.78, 5) is 5.68. The summed E-state index contributed by atoms with van der Waals surface area (Å²) in [6, 6.07) is 4.75. The van der Waals surface area contributed by atoms with Crippen LogP contribution in [0.2, 0.25) is 0 Å².